The van der Waals surface area contributed by atoms with Crippen LogP contribution in [-0.2, 0) is 4.79 Å². The second kappa shape index (κ2) is 21.3. The predicted molar refractivity (Wildman–Crippen MR) is 219 cm³/mol. The molecule has 0 aliphatic heterocycles. The zero-order valence-electron chi connectivity index (χ0n) is 30.7. The number of rotatable bonds is 22. The third-order valence-corrected chi connectivity index (χ3v) is 9.92. The molecule has 3 aromatic carbocycles. The van der Waals surface area contributed by atoms with E-state index in [9.17, 15) is 37.7 Å². The van der Waals surface area contributed by atoms with Crippen molar-refractivity contribution in [1.82, 2.24) is 10.3 Å². The van der Waals surface area contributed by atoms with Crippen LogP contribution in [0.2, 0.25) is 0 Å². The number of nitrogens with one attached hydrogen (secondary N) is 5. The van der Waals surface area contributed by atoms with Crippen LogP contribution in [0.25, 0.3) is 0 Å². The standard InChI is InChI=1S/C37H42F3IN8O6S/c1-21-36(49(53)54)56-37(45-21)48-35(52)25-12-11-24(19-29(25)46-22(2)50)44-16-8-6-4-3-5-7-14-43-15-9-17-55-30-20-26(34(42)51)33(32(40)31(30)39)47-28-13-10-23(41)18-27(28)38/h10-13,18-20,43-44,47H,3-9,14-17H2,1-2H3,(H2,42,51)(H,46,50)(H,45,48,52). The first-order valence-electron chi connectivity index (χ1n) is 17.7. The van der Waals surface area contributed by atoms with Crippen molar-refractivity contribution in [3.8, 4) is 5.75 Å². The van der Waals surface area contributed by atoms with Crippen LogP contribution < -0.4 is 37.1 Å². The average molecular weight is 911 g/mol. The number of aryl methyl sites for hydroxylation is 1. The van der Waals surface area contributed by atoms with Crippen molar-refractivity contribution in [3.63, 3.8) is 0 Å². The minimum absolute atomic E-state index is 0.0592. The van der Waals surface area contributed by atoms with E-state index in [-0.39, 0.29) is 45.2 Å². The van der Waals surface area contributed by atoms with E-state index in [1.165, 1.54) is 26.0 Å². The van der Waals surface area contributed by atoms with E-state index in [4.69, 9.17) is 10.5 Å². The lowest BCUT2D eigenvalue weighted by Crippen LogP contribution is -2.19. The molecule has 0 fully saturated rings. The van der Waals surface area contributed by atoms with Gasteiger partial charge in [0.1, 0.15) is 11.5 Å². The summed E-state index contributed by atoms with van der Waals surface area (Å²) in [5.74, 6) is -5.85. The van der Waals surface area contributed by atoms with Crippen LogP contribution in [0.5, 0.6) is 5.75 Å². The topological polar surface area (TPSA) is 203 Å². The fraction of sp³-hybridized carbons (Fsp3) is 0.351. The lowest BCUT2D eigenvalue weighted by Gasteiger charge is -2.16. The molecular formula is C37H42F3IN8O6S. The quantitative estimate of drug-likeness (QED) is 0.0193. The molecule has 0 radical (unpaired) electrons. The van der Waals surface area contributed by atoms with Gasteiger partial charge in [0.15, 0.2) is 16.7 Å². The minimum Gasteiger partial charge on any atom is -0.490 e. The normalized spacial score (nSPS) is 10.9. The zero-order valence-corrected chi connectivity index (χ0v) is 33.6. The molecule has 0 saturated heterocycles. The number of carbonyl (C=O) groups is 3. The van der Waals surface area contributed by atoms with Crippen LogP contribution in [0, 0.1) is 38.1 Å². The molecule has 4 aromatic rings. The van der Waals surface area contributed by atoms with Crippen LogP contribution in [0.1, 0.15) is 78.3 Å². The monoisotopic (exact) mass is 910 g/mol. The number of aromatic nitrogens is 1. The van der Waals surface area contributed by atoms with Gasteiger partial charge in [0.2, 0.25) is 11.7 Å². The summed E-state index contributed by atoms with van der Waals surface area (Å²) >= 11 is 2.66. The summed E-state index contributed by atoms with van der Waals surface area (Å²) in [6.45, 7) is 4.92. The summed E-state index contributed by atoms with van der Waals surface area (Å²) in [4.78, 5) is 51.4. The molecule has 0 aliphatic carbocycles. The van der Waals surface area contributed by atoms with Crippen molar-refractivity contribution < 1.29 is 37.2 Å². The number of nitro groups is 1. The summed E-state index contributed by atoms with van der Waals surface area (Å²) in [7, 11) is 0. The van der Waals surface area contributed by atoms with Crippen LogP contribution in [0.4, 0.5) is 46.1 Å². The number of halogens is 4. The maximum absolute atomic E-state index is 15.0. The van der Waals surface area contributed by atoms with Gasteiger partial charge >= 0.3 is 5.00 Å². The number of anilines is 5. The predicted octanol–water partition coefficient (Wildman–Crippen LogP) is 8.25. The van der Waals surface area contributed by atoms with Gasteiger partial charge in [-0.05, 0) is 116 Å². The number of nitrogens with zero attached hydrogens (tertiary/aromatic N) is 2. The number of thiazole rings is 1. The first-order valence-corrected chi connectivity index (χ1v) is 19.6. The Bertz CT molecular complexity index is 2050. The molecule has 0 aliphatic rings. The van der Waals surface area contributed by atoms with E-state index in [0.29, 0.717) is 28.8 Å². The third-order valence-electron chi connectivity index (χ3n) is 8.23. The Balaban J connectivity index is 1.09. The van der Waals surface area contributed by atoms with Gasteiger partial charge in [0.25, 0.3) is 11.8 Å². The van der Waals surface area contributed by atoms with Gasteiger partial charge in [-0.1, -0.05) is 25.7 Å². The third kappa shape index (κ3) is 12.8. The van der Waals surface area contributed by atoms with Crippen molar-refractivity contribution >= 4 is 84.5 Å². The summed E-state index contributed by atoms with van der Waals surface area (Å²) in [6, 6.07) is 10.1. The fourth-order valence-corrected chi connectivity index (χ4v) is 6.72. The molecule has 56 heavy (non-hydrogen) atoms. The lowest BCUT2D eigenvalue weighted by molar-refractivity contribution is -0.380. The van der Waals surface area contributed by atoms with Gasteiger partial charge in [-0.15, -0.1) is 0 Å². The van der Waals surface area contributed by atoms with Crippen LogP contribution in [0.3, 0.4) is 0 Å². The number of unbranched alkanes of at least 4 members (excludes halogenated alkanes) is 5. The van der Waals surface area contributed by atoms with Gasteiger partial charge in [-0.2, -0.15) is 4.39 Å². The van der Waals surface area contributed by atoms with Crippen molar-refractivity contribution in [2.45, 2.75) is 58.8 Å². The Kier molecular flexibility index (Phi) is 16.6. The summed E-state index contributed by atoms with van der Waals surface area (Å²) in [5, 5.41) is 25.3. The van der Waals surface area contributed by atoms with Crippen LogP contribution in [-0.4, -0.2) is 53.9 Å². The first-order chi connectivity index (χ1) is 26.7. The maximum Gasteiger partial charge on any atom is 0.348 e. The van der Waals surface area contributed by atoms with Gasteiger partial charge < -0.3 is 31.7 Å². The highest BCUT2D eigenvalue weighted by Gasteiger charge is 2.24. The van der Waals surface area contributed by atoms with E-state index < -0.39 is 45.6 Å². The highest BCUT2D eigenvalue weighted by Crippen LogP contribution is 2.34. The van der Waals surface area contributed by atoms with E-state index in [0.717, 1.165) is 68.2 Å². The largest absolute Gasteiger partial charge is 0.490 e. The number of amides is 3. The van der Waals surface area contributed by atoms with Gasteiger partial charge in [-0.3, -0.25) is 29.8 Å². The fourth-order valence-electron chi connectivity index (χ4n) is 5.49. The van der Waals surface area contributed by atoms with E-state index in [1.807, 2.05) is 22.6 Å². The summed E-state index contributed by atoms with van der Waals surface area (Å²) in [5.41, 5.74) is 5.70. The molecule has 7 N–H and O–H groups in total. The molecule has 14 nitrogen and oxygen atoms in total. The average Bonchev–Trinajstić information content (AvgIpc) is 3.51. The van der Waals surface area contributed by atoms with E-state index in [2.05, 4.69) is 31.6 Å². The minimum atomic E-state index is -1.41. The Morgan fingerprint density at radius 3 is 2.25 bits per heavy atom. The maximum atomic E-state index is 15.0. The van der Waals surface area contributed by atoms with Gasteiger partial charge in [0, 0.05) is 22.7 Å². The Labute approximate surface area is 338 Å². The Morgan fingerprint density at radius 2 is 1.59 bits per heavy atom. The zero-order chi connectivity index (χ0) is 40.8. The Morgan fingerprint density at radius 1 is 0.893 bits per heavy atom. The Hall–Kier alpha value is -5.02. The van der Waals surface area contributed by atoms with Crippen molar-refractivity contribution in [2.75, 3.05) is 47.5 Å². The number of benzene rings is 3. The van der Waals surface area contributed by atoms with Crippen molar-refractivity contribution in [1.29, 1.82) is 0 Å². The highest BCUT2D eigenvalue weighted by molar-refractivity contribution is 14.1. The molecule has 0 unspecified atom stereocenters. The van der Waals surface area contributed by atoms with Crippen LogP contribution in [0.15, 0.2) is 42.5 Å². The molecule has 0 atom stereocenters. The molecular weight excluding hydrogens is 868 g/mol. The van der Waals surface area contributed by atoms with Gasteiger partial charge in [-0.25, -0.2) is 13.8 Å². The number of primary amides is 1. The molecule has 300 valence electrons. The number of hydrogen-bond acceptors (Lipinski definition) is 11. The van der Waals surface area contributed by atoms with Gasteiger partial charge in [0.05, 0.1) is 39.7 Å². The number of ether oxygens (including phenoxy) is 1. The smallest absolute Gasteiger partial charge is 0.348 e. The lowest BCUT2D eigenvalue weighted by atomic mass is 10.1. The first kappa shape index (κ1) is 43.7. The molecule has 0 spiro atoms. The molecule has 1 heterocycles. The molecule has 0 bridgehead atoms. The number of nitrogens with two attached hydrogens (primary N) is 1. The summed E-state index contributed by atoms with van der Waals surface area (Å²) < 4.78 is 50.1. The second-order valence-electron chi connectivity index (χ2n) is 12.6. The van der Waals surface area contributed by atoms with Crippen molar-refractivity contribution in [3.05, 3.63) is 90.4 Å². The van der Waals surface area contributed by atoms with E-state index >= 15 is 0 Å². The molecule has 1 aromatic heterocycles. The molecule has 4 rings (SSSR count). The van der Waals surface area contributed by atoms with Crippen molar-refractivity contribution in [2.24, 2.45) is 5.73 Å². The number of carbonyl (C=O) groups excluding carboxylic acids is 3. The number of hydrogen-bond donors (Lipinski definition) is 6. The van der Waals surface area contributed by atoms with E-state index in [1.54, 1.807) is 24.3 Å². The molecule has 19 heteroatoms. The SMILES string of the molecule is CC(=O)Nc1cc(NCCCCCCCCNCCCOc2cc(C(N)=O)c(Nc3ccc(I)cc3F)c(F)c2F)ccc1C(=O)Nc1nc(C)c([N+](=O)[O-])s1. The highest BCUT2D eigenvalue weighted by atomic mass is 127. The molecule has 3 amide bonds. The van der Waals surface area contributed by atoms with Crippen LogP contribution >= 0.6 is 33.9 Å². The second-order valence-corrected chi connectivity index (χ2v) is 14.8. The molecule has 0 saturated carbocycles. The summed E-state index contributed by atoms with van der Waals surface area (Å²) in [6.07, 6.45) is 6.50.